The topological polar surface area (TPSA) is 95.4 Å². The summed E-state index contributed by atoms with van der Waals surface area (Å²) in [5.74, 6) is 0.382. The Kier molecular flexibility index (Phi) is 12.3. The molecular formula is C25H43N3O5. The highest BCUT2D eigenvalue weighted by Gasteiger charge is 2.30. The van der Waals surface area contributed by atoms with Crippen LogP contribution in [-0.2, 0) is 20.8 Å². The van der Waals surface area contributed by atoms with Crippen molar-refractivity contribution >= 4 is 5.91 Å². The van der Waals surface area contributed by atoms with Crippen LogP contribution in [0.25, 0.3) is 0 Å². The van der Waals surface area contributed by atoms with Crippen LogP contribution in [0.3, 0.4) is 0 Å². The highest BCUT2D eigenvalue weighted by atomic mass is 16.5. The van der Waals surface area contributed by atoms with Gasteiger partial charge in [-0.1, -0.05) is 19.9 Å². The standard InChI is InChI=1S/C25H43N3O5/c1-19(2)10-15-33-24-17-28(21(4)29)13-12-27(16-22-9-7-8-20(3)26-22)11-5-6-14-32-18-23(30)25(24)31/h7-9,19,23-25,30-31H,5-6,10-18H2,1-4H3/t23-,24-,25-/m1/s1. The van der Waals surface area contributed by atoms with Crippen molar-refractivity contribution in [3.8, 4) is 0 Å². The average Bonchev–Trinajstić information content (AvgIpc) is 2.75. The average molecular weight is 466 g/mol. The molecule has 0 bridgehead atoms. The van der Waals surface area contributed by atoms with Gasteiger partial charge in [-0.3, -0.25) is 14.7 Å². The van der Waals surface area contributed by atoms with Crippen molar-refractivity contribution in [2.75, 3.05) is 46.0 Å². The van der Waals surface area contributed by atoms with Crippen LogP contribution in [0.4, 0.5) is 0 Å². The van der Waals surface area contributed by atoms with Crippen LogP contribution >= 0.6 is 0 Å². The normalized spacial score (nSPS) is 24.6. The molecule has 1 amide bonds. The lowest BCUT2D eigenvalue weighted by Gasteiger charge is -2.33. The largest absolute Gasteiger partial charge is 0.388 e. The fraction of sp³-hybridized carbons (Fsp3) is 0.760. The van der Waals surface area contributed by atoms with E-state index in [1.165, 1.54) is 6.92 Å². The number of aromatic nitrogens is 1. The smallest absolute Gasteiger partial charge is 0.219 e. The van der Waals surface area contributed by atoms with Gasteiger partial charge in [0.05, 0.1) is 12.3 Å². The first-order valence-electron chi connectivity index (χ1n) is 12.2. The maximum absolute atomic E-state index is 12.4. The second kappa shape index (κ2) is 14.6. The van der Waals surface area contributed by atoms with Gasteiger partial charge in [-0.25, -0.2) is 0 Å². The van der Waals surface area contributed by atoms with Crippen molar-refractivity contribution in [2.24, 2.45) is 5.92 Å². The molecule has 8 nitrogen and oxygen atoms in total. The lowest BCUT2D eigenvalue weighted by molar-refractivity contribution is -0.140. The quantitative estimate of drug-likeness (QED) is 0.663. The first kappa shape index (κ1) is 27.7. The molecule has 3 atom stereocenters. The molecular weight excluding hydrogens is 422 g/mol. The fourth-order valence-electron chi connectivity index (χ4n) is 3.85. The van der Waals surface area contributed by atoms with Gasteiger partial charge in [0, 0.05) is 52.0 Å². The van der Waals surface area contributed by atoms with E-state index in [1.807, 2.05) is 25.1 Å². The summed E-state index contributed by atoms with van der Waals surface area (Å²) in [4.78, 5) is 21.1. The van der Waals surface area contributed by atoms with Crippen LogP contribution in [0, 0.1) is 12.8 Å². The molecule has 0 aliphatic carbocycles. The summed E-state index contributed by atoms with van der Waals surface area (Å²) < 4.78 is 11.6. The third kappa shape index (κ3) is 10.5. The van der Waals surface area contributed by atoms with E-state index in [2.05, 4.69) is 23.7 Å². The molecule has 1 aromatic rings. The molecule has 2 rings (SSSR count). The molecule has 2 N–H and O–H groups in total. The Morgan fingerprint density at radius 3 is 2.73 bits per heavy atom. The van der Waals surface area contributed by atoms with Crippen molar-refractivity contribution in [2.45, 2.75) is 71.8 Å². The van der Waals surface area contributed by atoms with Crippen LogP contribution in [0.5, 0.6) is 0 Å². The number of ether oxygens (including phenoxy) is 2. The number of carbonyl (C=O) groups excluding carboxylic acids is 1. The second-order valence-corrected chi connectivity index (χ2v) is 9.44. The van der Waals surface area contributed by atoms with Crippen LogP contribution < -0.4 is 0 Å². The van der Waals surface area contributed by atoms with Gasteiger partial charge in [-0.05, 0) is 50.8 Å². The minimum absolute atomic E-state index is 0.0439. The number of nitrogens with zero attached hydrogens (tertiary/aromatic N) is 3. The van der Waals surface area contributed by atoms with Gasteiger partial charge in [0.25, 0.3) is 0 Å². The van der Waals surface area contributed by atoms with E-state index in [1.54, 1.807) is 4.90 Å². The zero-order valence-electron chi connectivity index (χ0n) is 20.8. The highest BCUT2D eigenvalue weighted by Crippen LogP contribution is 2.13. The summed E-state index contributed by atoms with van der Waals surface area (Å²) in [5.41, 5.74) is 2.00. The maximum Gasteiger partial charge on any atom is 0.219 e. The molecule has 33 heavy (non-hydrogen) atoms. The van der Waals surface area contributed by atoms with Gasteiger partial charge >= 0.3 is 0 Å². The predicted octanol–water partition coefficient (Wildman–Crippen LogP) is 2.00. The Hall–Kier alpha value is -1.58. The molecule has 1 saturated heterocycles. The fourth-order valence-corrected chi connectivity index (χ4v) is 3.85. The predicted molar refractivity (Wildman–Crippen MR) is 128 cm³/mol. The van der Waals surface area contributed by atoms with E-state index in [0.717, 1.165) is 37.2 Å². The Morgan fingerprint density at radius 2 is 2.03 bits per heavy atom. The molecule has 8 heteroatoms. The molecule has 1 aromatic heterocycles. The van der Waals surface area contributed by atoms with Crippen molar-refractivity contribution in [3.63, 3.8) is 0 Å². The third-order valence-corrected chi connectivity index (χ3v) is 5.97. The number of rotatable bonds is 6. The zero-order chi connectivity index (χ0) is 24.2. The third-order valence-electron chi connectivity index (χ3n) is 5.97. The summed E-state index contributed by atoms with van der Waals surface area (Å²) >= 11 is 0. The number of amides is 1. The number of pyridine rings is 1. The van der Waals surface area contributed by atoms with Crippen molar-refractivity contribution in [3.05, 3.63) is 29.6 Å². The van der Waals surface area contributed by atoms with E-state index < -0.39 is 18.3 Å². The number of aliphatic hydroxyl groups excluding tert-OH is 2. The Labute approximate surface area is 198 Å². The van der Waals surface area contributed by atoms with E-state index in [4.69, 9.17) is 9.47 Å². The van der Waals surface area contributed by atoms with Gasteiger partial charge in [-0.15, -0.1) is 0 Å². The van der Waals surface area contributed by atoms with Crippen molar-refractivity contribution < 1.29 is 24.5 Å². The number of hydrogen-bond donors (Lipinski definition) is 2. The summed E-state index contributed by atoms with van der Waals surface area (Å²) in [6, 6.07) is 6.03. The van der Waals surface area contributed by atoms with Gasteiger partial charge in [0.1, 0.15) is 18.3 Å². The summed E-state index contributed by atoms with van der Waals surface area (Å²) in [7, 11) is 0. The number of hydrogen-bond acceptors (Lipinski definition) is 7. The summed E-state index contributed by atoms with van der Waals surface area (Å²) in [6.45, 7) is 11.8. The van der Waals surface area contributed by atoms with Crippen molar-refractivity contribution in [1.82, 2.24) is 14.8 Å². The highest BCUT2D eigenvalue weighted by molar-refractivity contribution is 5.73. The van der Waals surface area contributed by atoms with Crippen LogP contribution in [0.2, 0.25) is 0 Å². The van der Waals surface area contributed by atoms with Gasteiger partial charge < -0.3 is 24.6 Å². The molecule has 0 saturated carbocycles. The molecule has 1 aliphatic rings. The molecule has 188 valence electrons. The molecule has 1 fully saturated rings. The number of carbonyl (C=O) groups is 1. The van der Waals surface area contributed by atoms with Gasteiger partial charge in [-0.2, -0.15) is 0 Å². The molecule has 2 heterocycles. The summed E-state index contributed by atoms with van der Waals surface area (Å²) in [6.07, 6.45) is -0.241. The Bertz CT molecular complexity index is 702. The lowest BCUT2D eigenvalue weighted by atomic mass is 10.1. The molecule has 0 radical (unpaired) electrons. The van der Waals surface area contributed by atoms with Crippen molar-refractivity contribution in [1.29, 1.82) is 0 Å². The Morgan fingerprint density at radius 1 is 1.24 bits per heavy atom. The minimum atomic E-state index is -1.13. The Balaban J connectivity index is 2.12. The first-order chi connectivity index (χ1) is 15.8. The monoisotopic (exact) mass is 465 g/mol. The maximum atomic E-state index is 12.4. The van der Waals surface area contributed by atoms with E-state index >= 15 is 0 Å². The minimum Gasteiger partial charge on any atom is -0.388 e. The molecule has 0 aromatic carbocycles. The van der Waals surface area contributed by atoms with Crippen LogP contribution in [0.15, 0.2) is 18.2 Å². The summed E-state index contributed by atoms with van der Waals surface area (Å²) in [5, 5.41) is 21.2. The van der Waals surface area contributed by atoms with E-state index in [-0.39, 0.29) is 19.1 Å². The first-order valence-corrected chi connectivity index (χ1v) is 12.2. The number of aryl methyl sites for hydroxylation is 1. The van der Waals surface area contributed by atoms with Gasteiger partial charge in [0.2, 0.25) is 5.91 Å². The molecule has 0 spiro atoms. The zero-order valence-corrected chi connectivity index (χ0v) is 20.8. The number of aliphatic hydroxyl groups is 2. The van der Waals surface area contributed by atoms with E-state index in [9.17, 15) is 15.0 Å². The molecule has 0 unspecified atom stereocenters. The van der Waals surface area contributed by atoms with Crippen LogP contribution in [-0.4, -0.2) is 95.2 Å². The lowest BCUT2D eigenvalue weighted by Crippen LogP contribution is -2.50. The SMILES string of the molecule is CC(=O)N1CCN(Cc2cccc(C)n2)CCCCOC[C@@H](O)[C@@H](O)[C@H](OCCC(C)C)C1. The van der Waals surface area contributed by atoms with Gasteiger partial charge in [0.15, 0.2) is 0 Å². The second-order valence-electron chi connectivity index (χ2n) is 9.44. The molecule has 1 aliphatic heterocycles. The van der Waals surface area contributed by atoms with E-state index in [0.29, 0.717) is 38.8 Å². The van der Waals surface area contributed by atoms with Crippen LogP contribution in [0.1, 0.15) is 51.4 Å².